The van der Waals surface area contributed by atoms with E-state index >= 15 is 0 Å². The molecule has 1 atom stereocenters. The van der Waals surface area contributed by atoms with Gasteiger partial charge in [-0.3, -0.25) is 4.90 Å². The maximum absolute atomic E-state index is 13.4. The summed E-state index contributed by atoms with van der Waals surface area (Å²) in [6, 6.07) is 11.5. The molecule has 1 aliphatic heterocycles. The molecule has 0 aliphatic carbocycles. The zero-order valence-electron chi connectivity index (χ0n) is 14.9. The molecule has 1 fully saturated rings. The highest BCUT2D eigenvalue weighted by molar-refractivity contribution is 5.56. The number of ether oxygens (including phenoxy) is 1. The predicted octanol–water partition coefficient (Wildman–Crippen LogP) is 4.01. The average molecular weight is 371 g/mol. The standard InChI is InChI=1S/C20H19F2N3O2/c1-26-16-4-2-3-14(10-16)19-23-20(27-24-19)15-7-8-25(12-15)11-13-5-6-17(21)18(22)9-13/h2-6,9-10,15H,7-8,11-12H2,1H3/t15-/m1/s1. The van der Waals surface area contributed by atoms with Crippen molar-refractivity contribution < 1.29 is 18.0 Å². The molecule has 0 spiro atoms. The topological polar surface area (TPSA) is 51.4 Å². The molecule has 2 aromatic carbocycles. The number of hydrogen-bond acceptors (Lipinski definition) is 5. The summed E-state index contributed by atoms with van der Waals surface area (Å²) in [6.45, 7) is 2.13. The van der Waals surface area contributed by atoms with E-state index in [0.717, 1.165) is 42.5 Å². The average Bonchev–Trinajstić information content (AvgIpc) is 3.34. The highest BCUT2D eigenvalue weighted by atomic mass is 19.2. The molecule has 0 unspecified atom stereocenters. The van der Waals surface area contributed by atoms with Crippen molar-refractivity contribution in [1.82, 2.24) is 15.0 Å². The Balaban J connectivity index is 1.43. The molecule has 140 valence electrons. The number of nitrogens with zero attached hydrogens (tertiary/aromatic N) is 3. The van der Waals surface area contributed by atoms with Gasteiger partial charge in [-0.1, -0.05) is 23.4 Å². The number of benzene rings is 2. The fourth-order valence-corrected chi connectivity index (χ4v) is 3.35. The molecule has 0 amide bonds. The fourth-order valence-electron chi connectivity index (χ4n) is 3.35. The van der Waals surface area contributed by atoms with Crippen LogP contribution in [0.1, 0.15) is 23.8 Å². The van der Waals surface area contributed by atoms with Crippen molar-refractivity contribution in [3.05, 3.63) is 65.6 Å². The number of hydrogen-bond donors (Lipinski definition) is 0. The Morgan fingerprint density at radius 3 is 2.89 bits per heavy atom. The van der Waals surface area contributed by atoms with Crippen molar-refractivity contribution in [2.75, 3.05) is 20.2 Å². The minimum Gasteiger partial charge on any atom is -0.497 e. The van der Waals surface area contributed by atoms with E-state index in [2.05, 4.69) is 15.0 Å². The first-order valence-corrected chi connectivity index (χ1v) is 8.76. The largest absolute Gasteiger partial charge is 0.497 e. The van der Waals surface area contributed by atoms with E-state index in [1.54, 1.807) is 13.2 Å². The van der Waals surface area contributed by atoms with Gasteiger partial charge in [-0.2, -0.15) is 4.98 Å². The van der Waals surface area contributed by atoms with Crippen LogP contribution in [0.4, 0.5) is 8.78 Å². The van der Waals surface area contributed by atoms with Crippen molar-refractivity contribution in [2.24, 2.45) is 0 Å². The molecule has 0 saturated carbocycles. The summed E-state index contributed by atoms with van der Waals surface area (Å²) in [4.78, 5) is 6.71. The Labute approximate surface area is 155 Å². The molecule has 4 rings (SSSR count). The first kappa shape index (κ1) is 17.6. The Morgan fingerprint density at radius 2 is 2.07 bits per heavy atom. The Morgan fingerprint density at radius 1 is 1.19 bits per heavy atom. The summed E-state index contributed by atoms with van der Waals surface area (Å²) in [5.41, 5.74) is 1.58. The maximum atomic E-state index is 13.4. The summed E-state index contributed by atoms with van der Waals surface area (Å²) in [5, 5.41) is 4.09. The molecule has 2 heterocycles. The molecule has 1 saturated heterocycles. The van der Waals surface area contributed by atoms with E-state index in [1.807, 2.05) is 24.3 Å². The first-order chi connectivity index (χ1) is 13.1. The van der Waals surface area contributed by atoms with Gasteiger partial charge in [0.1, 0.15) is 5.75 Å². The summed E-state index contributed by atoms with van der Waals surface area (Å²) in [5.74, 6) is 0.347. The van der Waals surface area contributed by atoms with Crippen molar-refractivity contribution in [1.29, 1.82) is 0 Å². The lowest BCUT2D eigenvalue weighted by molar-refractivity contribution is 0.308. The van der Waals surface area contributed by atoms with Gasteiger partial charge in [0.05, 0.1) is 13.0 Å². The lowest BCUT2D eigenvalue weighted by Gasteiger charge is -2.15. The van der Waals surface area contributed by atoms with Crippen LogP contribution in [-0.4, -0.2) is 35.2 Å². The second kappa shape index (κ2) is 7.44. The van der Waals surface area contributed by atoms with E-state index in [4.69, 9.17) is 9.26 Å². The molecular weight excluding hydrogens is 352 g/mol. The quantitative estimate of drug-likeness (QED) is 0.678. The van der Waals surface area contributed by atoms with Crippen LogP contribution in [0.15, 0.2) is 47.0 Å². The Bertz CT molecular complexity index is 944. The zero-order valence-corrected chi connectivity index (χ0v) is 14.9. The lowest BCUT2D eigenvalue weighted by Crippen LogP contribution is -2.20. The van der Waals surface area contributed by atoms with E-state index in [9.17, 15) is 8.78 Å². The van der Waals surface area contributed by atoms with Crippen LogP contribution in [0.5, 0.6) is 5.75 Å². The third-order valence-corrected chi connectivity index (χ3v) is 4.78. The first-order valence-electron chi connectivity index (χ1n) is 8.76. The monoisotopic (exact) mass is 371 g/mol. The van der Waals surface area contributed by atoms with Crippen LogP contribution in [0.3, 0.4) is 0 Å². The highest BCUT2D eigenvalue weighted by Gasteiger charge is 2.28. The molecule has 1 aromatic heterocycles. The SMILES string of the molecule is COc1cccc(-c2noc([C@@H]3CCN(Cc4ccc(F)c(F)c4)C3)n2)c1. The lowest BCUT2D eigenvalue weighted by atomic mass is 10.1. The van der Waals surface area contributed by atoms with Crippen LogP contribution in [0, 0.1) is 11.6 Å². The van der Waals surface area contributed by atoms with E-state index < -0.39 is 11.6 Å². The van der Waals surface area contributed by atoms with Crippen molar-refractivity contribution in [2.45, 2.75) is 18.9 Å². The number of halogens is 2. The third kappa shape index (κ3) is 3.83. The second-order valence-corrected chi connectivity index (χ2v) is 6.66. The van der Waals surface area contributed by atoms with Gasteiger partial charge in [0.15, 0.2) is 11.6 Å². The van der Waals surface area contributed by atoms with Gasteiger partial charge in [0, 0.05) is 18.7 Å². The van der Waals surface area contributed by atoms with Crippen LogP contribution in [0.25, 0.3) is 11.4 Å². The third-order valence-electron chi connectivity index (χ3n) is 4.78. The van der Waals surface area contributed by atoms with Crippen molar-refractivity contribution in [3.8, 4) is 17.1 Å². The van der Waals surface area contributed by atoms with Gasteiger partial charge >= 0.3 is 0 Å². The minimum atomic E-state index is -0.825. The number of methoxy groups -OCH3 is 1. The number of aromatic nitrogens is 2. The Kier molecular flexibility index (Phi) is 4.85. The molecule has 7 heteroatoms. The Hall–Kier alpha value is -2.80. The molecule has 0 bridgehead atoms. The van der Waals surface area contributed by atoms with Crippen LogP contribution in [-0.2, 0) is 6.54 Å². The normalized spacial score (nSPS) is 17.4. The predicted molar refractivity (Wildman–Crippen MR) is 95.3 cm³/mol. The fraction of sp³-hybridized carbons (Fsp3) is 0.300. The molecule has 5 nitrogen and oxygen atoms in total. The molecule has 3 aromatic rings. The summed E-state index contributed by atoms with van der Waals surface area (Å²) >= 11 is 0. The van der Waals surface area contributed by atoms with Gasteiger partial charge < -0.3 is 9.26 Å². The zero-order chi connectivity index (χ0) is 18.8. The molecule has 0 radical (unpaired) electrons. The van der Waals surface area contributed by atoms with Gasteiger partial charge in [-0.05, 0) is 42.8 Å². The molecule has 27 heavy (non-hydrogen) atoms. The second-order valence-electron chi connectivity index (χ2n) is 6.66. The molecular formula is C20H19F2N3O2. The maximum Gasteiger partial charge on any atom is 0.231 e. The van der Waals surface area contributed by atoms with Crippen LogP contribution < -0.4 is 4.74 Å². The van der Waals surface area contributed by atoms with Crippen molar-refractivity contribution >= 4 is 0 Å². The van der Waals surface area contributed by atoms with Crippen LogP contribution >= 0.6 is 0 Å². The van der Waals surface area contributed by atoms with Crippen molar-refractivity contribution in [3.63, 3.8) is 0 Å². The van der Waals surface area contributed by atoms with Crippen LogP contribution in [0.2, 0.25) is 0 Å². The molecule has 0 N–H and O–H groups in total. The smallest absolute Gasteiger partial charge is 0.231 e. The van der Waals surface area contributed by atoms with E-state index in [-0.39, 0.29) is 5.92 Å². The van der Waals surface area contributed by atoms with Gasteiger partial charge in [-0.25, -0.2) is 8.78 Å². The van der Waals surface area contributed by atoms with Gasteiger partial charge in [0.2, 0.25) is 11.7 Å². The van der Waals surface area contributed by atoms with Gasteiger partial charge in [-0.15, -0.1) is 0 Å². The number of likely N-dealkylation sites (tertiary alicyclic amines) is 1. The van der Waals surface area contributed by atoms with Gasteiger partial charge in [0.25, 0.3) is 0 Å². The highest BCUT2D eigenvalue weighted by Crippen LogP contribution is 2.29. The number of rotatable bonds is 5. The van der Waals surface area contributed by atoms with E-state index in [1.165, 1.54) is 6.07 Å². The molecule has 1 aliphatic rings. The summed E-state index contributed by atoms with van der Waals surface area (Å²) in [6.07, 6.45) is 0.878. The van der Waals surface area contributed by atoms with E-state index in [0.29, 0.717) is 18.3 Å². The minimum absolute atomic E-state index is 0.127. The summed E-state index contributed by atoms with van der Waals surface area (Å²) in [7, 11) is 1.61. The summed E-state index contributed by atoms with van der Waals surface area (Å²) < 4.78 is 37.1.